The molecule has 2 aromatic heterocycles. The zero-order valence-corrected chi connectivity index (χ0v) is 16.6. The van der Waals surface area contributed by atoms with Crippen LogP contribution in [0.3, 0.4) is 0 Å². The molecule has 6 nitrogen and oxygen atoms in total. The molecule has 0 atom stereocenters. The molecule has 4 aromatic rings. The lowest BCUT2D eigenvalue weighted by Gasteiger charge is -2.12. The number of benzene rings is 2. The van der Waals surface area contributed by atoms with Crippen LogP contribution in [0, 0.1) is 0 Å². The van der Waals surface area contributed by atoms with Gasteiger partial charge in [-0.15, -0.1) is 0 Å². The molecule has 0 aliphatic carbocycles. The molecule has 2 heterocycles. The van der Waals surface area contributed by atoms with Crippen molar-refractivity contribution in [2.24, 2.45) is 0 Å². The zero-order valence-electron chi connectivity index (χ0n) is 16.6. The first-order valence-electron chi connectivity index (χ1n) is 10.0. The summed E-state index contributed by atoms with van der Waals surface area (Å²) in [6.07, 6.45) is 2.08. The van der Waals surface area contributed by atoms with Crippen molar-refractivity contribution >= 4 is 27.8 Å². The Bertz CT molecular complexity index is 1120. The van der Waals surface area contributed by atoms with Gasteiger partial charge in [0.2, 0.25) is 0 Å². The number of hydrogen-bond donors (Lipinski definition) is 2. The van der Waals surface area contributed by atoms with Crippen LogP contribution >= 0.6 is 0 Å². The smallest absolute Gasteiger partial charge is 0.152 e. The van der Waals surface area contributed by atoms with Crippen molar-refractivity contribution in [3.63, 3.8) is 0 Å². The number of fused-ring (bicyclic) bond motifs is 3. The van der Waals surface area contributed by atoms with E-state index in [1.54, 1.807) is 0 Å². The Labute approximate surface area is 170 Å². The Morgan fingerprint density at radius 3 is 2.62 bits per heavy atom. The fourth-order valence-electron chi connectivity index (χ4n) is 3.75. The van der Waals surface area contributed by atoms with Crippen LogP contribution in [0.2, 0.25) is 0 Å². The monoisotopic (exact) mass is 390 g/mol. The van der Waals surface area contributed by atoms with Gasteiger partial charge in [0, 0.05) is 25.0 Å². The fraction of sp³-hybridized carbons (Fsp3) is 0.304. The molecule has 150 valence electrons. The normalized spacial score (nSPS) is 11.5. The van der Waals surface area contributed by atoms with E-state index < -0.39 is 0 Å². The lowest BCUT2D eigenvalue weighted by Crippen LogP contribution is -2.08. The van der Waals surface area contributed by atoms with Gasteiger partial charge in [-0.1, -0.05) is 48.5 Å². The van der Waals surface area contributed by atoms with Gasteiger partial charge in [-0.3, -0.25) is 0 Å². The molecule has 0 radical (unpaired) electrons. The van der Waals surface area contributed by atoms with Crippen molar-refractivity contribution in [2.45, 2.75) is 32.9 Å². The Hall–Kier alpha value is -2.96. The van der Waals surface area contributed by atoms with Crippen molar-refractivity contribution in [1.82, 2.24) is 14.5 Å². The summed E-state index contributed by atoms with van der Waals surface area (Å²) in [6, 6.07) is 16.6. The Morgan fingerprint density at radius 2 is 1.86 bits per heavy atom. The second kappa shape index (κ2) is 8.59. The molecule has 3 N–H and O–H groups in total. The lowest BCUT2D eigenvalue weighted by molar-refractivity contribution is 0.0884. The van der Waals surface area contributed by atoms with Crippen molar-refractivity contribution in [2.75, 3.05) is 18.9 Å². The van der Waals surface area contributed by atoms with Crippen LogP contribution < -0.4 is 5.73 Å². The van der Waals surface area contributed by atoms with E-state index in [2.05, 4.69) is 34.9 Å². The third-order valence-corrected chi connectivity index (χ3v) is 5.12. The van der Waals surface area contributed by atoms with E-state index in [0.29, 0.717) is 37.5 Å². The van der Waals surface area contributed by atoms with E-state index in [1.165, 1.54) is 5.56 Å². The first kappa shape index (κ1) is 19.4. The topological polar surface area (TPSA) is 86.2 Å². The number of rotatable bonds is 8. The molecule has 0 bridgehead atoms. The van der Waals surface area contributed by atoms with Gasteiger partial charge < -0.3 is 20.1 Å². The average Bonchev–Trinajstić information content (AvgIpc) is 3.11. The summed E-state index contributed by atoms with van der Waals surface area (Å²) in [5, 5.41) is 10.3. The second-order valence-corrected chi connectivity index (χ2v) is 7.08. The minimum Gasteiger partial charge on any atom is -0.396 e. The molecular formula is C23H26N4O2. The zero-order chi connectivity index (χ0) is 20.2. The number of aliphatic hydroxyl groups excluding tert-OH is 1. The SMILES string of the molecule is CCOCn1c(CCCO)nc2c(N)nc3c(Cc4ccccc4)cccc3c21. The molecule has 2 aromatic carbocycles. The highest BCUT2D eigenvalue weighted by Crippen LogP contribution is 2.31. The van der Waals surface area contributed by atoms with Gasteiger partial charge in [0.15, 0.2) is 5.82 Å². The van der Waals surface area contributed by atoms with Crippen molar-refractivity contribution in [3.05, 3.63) is 65.5 Å². The standard InChI is InChI=1S/C23H26N4O2/c1-2-29-15-27-19(12-7-13-28)25-21-22(27)18-11-6-10-17(20(18)26-23(21)24)14-16-8-4-3-5-9-16/h3-6,8-11,28H,2,7,12-15H2,1H3,(H2,24,26). The van der Waals surface area contributed by atoms with Crippen molar-refractivity contribution < 1.29 is 9.84 Å². The number of nitrogens with zero attached hydrogens (tertiary/aromatic N) is 3. The van der Waals surface area contributed by atoms with Crippen LogP contribution in [0.25, 0.3) is 21.9 Å². The van der Waals surface area contributed by atoms with Gasteiger partial charge in [0.1, 0.15) is 18.1 Å². The molecule has 0 unspecified atom stereocenters. The molecule has 0 saturated carbocycles. The third-order valence-electron chi connectivity index (χ3n) is 5.12. The van der Waals surface area contributed by atoms with Gasteiger partial charge in [-0.25, -0.2) is 9.97 Å². The molecular weight excluding hydrogens is 364 g/mol. The van der Waals surface area contributed by atoms with Crippen LogP contribution in [0.5, 0.6) is 0 Å². The van der Waals surface area contributed by atoms with Crippen molar-refractivity contribution in [1.29, 1.82) is 0 Å². The first-order chi connectivity index (χ1) is 14.2. The number of imidazole rings is 1. The Balaban J connectivity index is 1.91. The van der Waals surface area contributed by atoms with Crippen LogP contribution in [-0.4, -0.2) is 32.9 Å². The number of para-hydroxylation sites is 1. The van der Waals surface area contributed by atoms with E-state index in [4.69, 9.17) is 20.4 Å². The predicted molar refractivity (Wildman–Crippen MR) is 116 cm³/mol. The number of aromatic nitrogens is 3. The largest absolute Gasteiger partial charge is 0.396 e. The summed E-state index contributed by atoms with van der Waals surface area (Å²) in [4.78, 5) is 9.48. The number of aryl methyl sites for hydroxylation is 1. The fourth-order valence-corrected chi connectivity index (χ4v) is 3.75. The molecule has 0 fully saturated rings. The third kappa shape index (κ3) is 3.81. The number of aliphatic hydroxyl groups is 1. The Kier molecular flexibility index (Phi) is 5.74. The molecule has 4 rings (SSSR count). The number of pyridine rings is 1. The van der Waals surface area contributed by atoms with Crippen LogP contribution in [0.15, 0.2) is 48.5 Å². The van der Waals surface area contributed by atoms with Gasteiger partial charge in [0.05, 0.1) is 11.0 Å². The van der Waals surface area contributed by atoms with Gasteiger partial charge >= 0.3 is 0 Å². The summed E-state index contributed by atoms with van der Waals surface area (Å²) in [5.74, 6) is 1.28. The maximum absolute atomic E-state index is 9.27. The lowest BCUT2D eigenvalue weighted by atomic mass is 10.0. The molecule has 29 heavy (non-hydrogen) atoms. The van der Waals surface area contributed by atoms with E-state index in [1.807, 2.05) is 25.1 Å². The molecule has 0 aliphatic rings. The highest BCUT2D eigenvalue weighted by molar-refractivity contribution is 6.07. The van der Waals surface area contributed by atoms with Crippen LogP contribution in [0.4, 0.5) is 5.82 Å². The number of anilines is 1. The molecule has 0 amide bonds. The summed E-state index contributed by atoms with van der Waals surface area (Å²) < 4.78 is 7.79. The number of hydrogen-bond acceptors (Lipinski definition) is 5. The van der Waals surface area contributed by atoms with Crippen molar-refractivity contribution in [3.8, 4) is 0 Å². The van der Waals surface area contributed by atoms with Gasteiger partial charge in [0.25, 0.3) is 0 Å². The second-order valence-electron chi connectivity index (χ2n) is 7.08. The van der Waals surface area contributed by atoms with E-state index in [9.17, 15) is 5.11 Å². The number of nitrogen functional groups attached to an aromatic ring is 1. The molecule has 0 aliphatic heterocycles. The van der Waals surface area contributed by atoms with Gasteiger partial charge in [-0.05, 0) is 30.9 Å². The van der Waals surface area contributed by atoms with Gasteiger partial charge in [-0.2, -0.15) is 0 Å². The van der Waals surface area contributed by atoms with E-state index in [-0.39, 0.29) is 6.61 Å². The molecule has 6 heteroatoms. The maximum Gasteiger partial charge on any atom is 0.152 e. The van der Waals surface area contributed by atoms with Crippen LogP contribution in [0.1, 0.15) is 30.3 Å². The van der Waals surface area contributed by atoms with Crippen LogP contribution in [-0.2, 0) is 24.3 Å². The maximum atomic E-state index is 9.27. The van der Waals surface area contributed by atoms with E-state index in [0.717, 1.165) is 34.2 Å². The van der Waals surface area contributed by atoms with E-state index >= 15 is 0 Å². The minimum absolute atomic E-state index is 0.119. The summed E-state index contributed by atoms with van der Waals surface area (Å²) in [5.41, 5.74) is 11.2. The highest BCUT2D eigenvalue weighted by Gasteiger charge is 2.18. The number of nitrogens with two attached hydrogens (primary N) is 1. The minimum atomic E-state index is 0.119. The summed E-state index contributed by atoms with van der Waals surface area (Å²) >= 11 is 0. The molecule has 0 spiro atoms. The quantitative estimate of drug-likeness (QED) is 0.479. The highest BCUT2D eigenvalue weighted by atomic mass is 16.5. The predicted octanol–water partition coefficient (Wildman–Crippen LogP) is 3.68. The number of ether oxygens (including phenoxy) is 1. The summed E-state index contributed by atoms with van der Waals surface area (Å²) in [6.45, 7) is 3.10. The molecule has 0 saturated heterocycles. The average molecular weight is 390 g/mol. The Morgan fingerprint density at radius 1 is 1.03 bits per heavy atom. The summed E-state index contributed by atoms with van der Waals surface area (Å²) in [7, 11) is 0. The first-order valence-corrected chi connectivity index (χ1v) is 10.0.